The fourth-order valence-electron chi connectivity index (χ4n) is 8.73. The Balaban J connectivity index is 1.21. The van der Waals surface area contributed by atoms with E-state index in [1.807, 2.05) is 18.2 Å². The van der Waals surface area contributed by atoms with Crippen LogP contribution in [-0.4, -0.2) is 13.7 Å². The van der Waals surface area contributed by atoms with Gasteiger partial charge in [0.15, 0.2) is 0 Å². The van der Waals surface area contributed by atoms with E-state index in [4.69, 9.17) is 0 Å². The molecule has 0 amide bonds. The van der Waals surface area contributed by atoms with E-state index >= 15 is 0 Å². The summed E-state index contributed by atoms with van der Waals surface area (Å²) in [5.74, 6) is 0. The summed E-state index contributed by atoms with van der Waals surface area (Å²) in [5, 5.41) is 17.3. The lowest BCUT2D eigenvalue weighted by Gasteiger charge is -2.15. The standard InChI is InChI=1S/C49H30N4/c50-31-33-14-13-25-44-47(33)39-30-32(26-27-43(39)52(44)35-17-5-2-6-18-35)36-19-7-10-22-40(36)53-42-24-12-9-21-38(42)49-46(53)29-28-45-48(49)37-20-8-11-23-41(37)51(45)34-15-3-1-4-16-34/h1-30H. The van der Waals surface area contributed by atoms with Crippen LogP contribution in [0, 0.1) is 11.3 Å². The van der Waals surface area contributed by atoms with Crippen molar-refractivity contribution < 1.29 is 0 Å². The lowest BCUT2D eigenvalue weighted by Crippen LogP contribution is -1.97. The van der Waals surface area contributed by atoms with Crippen LogP contribution in [0.5, 0.6) is 0 Å². The van der Waals surface area contributed by atoms with Gasteiger partial charge in [0, 0.05) is 49.3 Å². The molecule has 4 nitrogen and oxygen atoms in total. The molecule has 0 spiro atoms. The molecule has 0 saturated carbocycles. The first-order chi connectivity index (χ1) is 26.3. The zero-order chi connectivity index (χ0) is 35.0. The molecule has 0 aliphatic heterocycles. The Morgan fingerprint density at radius 3 is 1.51 bits per heavy atom. The van der Waals surface area contributed by atoms with Crippen LogP contribution in [0.15, 0.2) is 182 Å². The average molecular weight is 675 g/mol. The molecule has 0 unspecified atom stereocenters. The fourth-order valence-corrected chi connectivity index (χ4v) is 8.73. The molecule has 3 aromatic heterocycles. The maximum Gasteiger partial charge on any atom is 0.0998 e. The SMILES string of the molecule is N#Cc1cccc2c1c1cc(-c3ccccc3-n3c4ccccc4c4c5c6ccccc6n(-c6ccccc6)c5ccc43)ccc1n2-c1ccccc1. The van der Waals surface area contributed by atoms with Crippen molar-refractivity contribution in [2.24, 2.45) is 0 Å². The van der Waals surface area contributed by atoms with Gasteiger partial charge in [-0.1, -0.05) is 103 Å². The highest BCUT2D eigenvalue weighted by molar-refractivity contribution is 6.29. The number of hydrogen-bond donors (Lipinski definition) is 0. The number of para-hydroxylation sites is 5. The van der Waals surface area contributed by atoms with E-state index in [1.54, 1.807) is 0 Å². The van der Waals surface area contributed by atoms with E-state index in [1.165, 1.54) is 32.6 Å². The van der Waals surface area contributed by atoms with Crippen molar-refractivity contribution in [3.8, 4) is 34.3 Å². The van der Waals surface area contributed by atoms with Crippen molar-refractivity contribution in [2.75, 3.05) is 0 Å². The molecule has 3 heterocycles. The molecule has 0 atom stereocenters. The Morgan fingerprint density at radius 1 is 0.358 bits per heavy atom. The largest absolute Gasteiger partial charge is 0.309 e. The Kier molecular flexibility index (Phi) is 6.28. The van der Waals surface area contributed by atoms with Gasteiger partial charge in [-0.15, -0.1) is 0 Å². The first kappa shape index (κ1) is 29.4. The molecular weight excluding hydrogens is 645 g/mol. The summed E-state index contributed by atoms with van der Waals surface area (Å²) < 4.78 is 7.10. The summed E-state index contributed by atoms with van der Waals surface area (Å²) in [6, 6.07) is 67.1. The number of nitrogens with zero attached hydrogens (tertiary/aromatic N) is 4. The Bertz CT molecular complexity index is 3280. The van der Waals surface area contributed by atoms with Gasteiger partial charge in [-0.2, -0.15) is 5.26 Å². The van der Waals surface area contributed by atoms with Crippen molar-refractivity contribution in [3.63, 3.8) is 0 Å². The molecule has 11 aromatic rings. The second-order valence-corrected chi connectivity index (χ2v) is 13.6. The summed E-state index contributed by atoms with van der Waals surface area (Å²) in [4.78, 5) is 0. The van der Waals surface area contributed by atoms with E-state index in [0.717, 1.165) is 61.0 Å². The molecule has 0 aliphatic rings. The maximum absolute atomic E-state index is 10.3. The maximum atomic E-state index is 10.3. The monoisotopic (exact) mass is 674 g/mol. The minimum atomic E-state index is 0.675. The predicted molar refractivity (Wildman–Crippen MR) is 220 cm³/mol. The molecule has 0 radical (unpaired) electrons. The van der Waals surface area contributed by atoms with Gasteiger partial charge in [-0.25, -0.2) is 0 Å². The van der Waals surface area contributed by atoms with Crippen LogP contribution < -0.4 is 0 Å². The minimum absolute atomic E-state index is 0.675. The lowest BCUT2D eigenvalue weighted by molar-refractivity contribution is 1.17. The zero-order valence-electron chi connectivity index (χ0n) is 28.6. The summed E-state index contributed by atoms with van der Waals surface area (Å²) in [6.07, 6.45) is 0. The smallest absolute Gasteiger partial charge is 0.0998 e. The molecule has 11 rings (SSSR count). The fraction of sp³-hybridized carbons (Fsp3) is 0. The van der Waals surface area contributed by atoms with Gasteiger partial charge in [0.05, 0.1) is 50.4 Å². The molecule has 53 heavy (non-hydrogen) atoms. The van der Waals surface area contributed by atoms with E-state index in [-0.39, 0.29) is 0 Å². The van der Waals surface area contributed by atoms with E-state index in [2.05, 4.69) is 184 Å². The highest BCUT2D eigenvalue weighted by Crippen LogP contribution is 2.44. The van der Waals surface area contributed by atoms with Gasteiger partial charge in [-0.05, 0) is 84.4 Å². The molecule has 0 fully saturated rings. The normalized spacial score (nSPS) is 11.8. The summed E-state index contributed by atoms with van der Waals surface area (Å²) >= 11 is 0. The molecule has 8 aromatic carbocycles. The molecule has 4 heteroatoms. The molecule has 0 aliphatic carbocycles. The molecule has 246 valence electrons. The van der Waals surface area contributed by atoms with Crippen molar-refractivity contribution in [3.05, 3.63) is 188 Å². The average Bonchev–Trinajstić information content (AvgIpc) is 3.87. The third-order valence-electron chi connectivity index (χ3n) is 10.9. The van der Waals surface area contributed by atoms with E-state index in [0.29, 0.717) is 5.56 Å². The lowest BCUT2D eigenvalue weighted by atomic mass is 9.99. The highest BCUT2D eigenvalue weighted by Gasteiger charge is 2.22. The zero-order valence-corrected chi connectivity index (χ0v) is 28.6. The molecule has 0 saturated heterocycles. The van der Waals surface area contributed by atoms with Gasteiger partial charge in [0.25, 0.3) is 0 Å². The van der Waals surface area contributed by atoms with Gasteiger partial charge in [0.1, 0.15) is 0 Å². The number of rotatable bonds is 4. The van der Waals surface area contributed by atoms with Crippen LogP contribution in [0.2, 0.25) is 0 Å². The first-order valence-corrected chi connectivity index (χ1v) is 17.9. The molecular formula is C49H30N4. The summed E-state index contributed by atoms with van der Waals surface area (Å²) in [5.41, 5.74) is 13.0. The van der Waals surface area contributed by atoms with Crippen molar-refractivity contribution >= 4 is 65.4 Å². The van der Waals surface area contributed by atoms with E-state index < -0.39 is 0 Å². The Labute approximate surface area is 305 Å². The van der Waals surface area contributed by atoms with Crippen LogP contribution in [0.4, 0.5) is 0 Å². The van der Waals surface area contributed by atoms with Gasteiger partial charge in [0.2, 0.25) is 0 Å². The quantitative estimate of drug-likeness (QED) is 0.183. The van der Waals surface area contributed by atoms with Gasteiger partial charge >= 0.3 is 0 Å². The molecule has 0 N–H and O–H groups in total. The number of fused-ring (bicyclic) bond motifs is 10. The van der Waals surface area contributed by atoms with Crippen molar-refractivity contribution in [1.29, 1.82) is 5.26 Å². The Hall–Kier alpha value is -7.35. The van der Waals surface area contributed by atoms with Crippen molar-refractivity contribution in [2.45, 2.75) is 0 Å². The third-order valence-corrected chi connectivity index (χ3v) is 10.9. The topological polar surface area (TPSA) is 38.6 Å². The van der Waals surface area contributed by atoms with Gasteiger partial charge in [-0.3, -0.25) is 0 Å². The number of nitriles is 1. The number of aromatic nitrogens is 3. The first-order valence-electron chi connectivity index (χ1n) is 17.9. The summed E-state index contributed by atoms with van der Waals surface area (Å²) in [6.45, 7) is 0. The van der Waals surface area contributed by atoms with Crippen LogP contribution in [0.1, 0.15) is 5.56 Å². The van der Waals surface area contributed by atoms with Crippen LogP contribution in [0.3, 0.4) is 0 Å². The Morgan fingerprint density at radius 2 is 0.849 bits per heavy atom. The van der Waals surface area contributed by atoms with Crippen LogP contribution >= 0.6 is 0 Å². The van der Waals surface area contributed by atoms with Crippen LogP contribution in [-0.2, 0) is 0 Å². The summed E-state index contributed by atoms with van der Waals surface area (Å²) in [7, 11) is 0. The van der Waals surface area contributed by atoms with Gasteiger partial charge < -0.3 is 13.7 Å². The number of hydrogen-bond acceptors (Lipinski definition) is 1. The number of benzene rings is 8. The predicted octanol–water partition coefficient (Wildman–Crippen LogP) is 12.5. The molecule has 0 bridgehead atoms. The second kappa shape index (κ2) is 11.3. The van der Waals surface area contributed by atoms with E-state index in [9.17, 15) is 5.26 Å². The highest BCUT2D eigenvalue weighted by atomic mass is 15.0. The van der Waals surface area contributed by atoms with Crippen LogP contribution in [0.25, 0.3) is 93.6 Å². The van der Waals surface area contributed by atoms with Crippen molar-refractivity contribution in [1.82, 2.24) is 13.7 Å². The third kappa shape index (κ3) is 4.16. The second-order valence-electron chi connectivity index (χ2n) is 13.6. The minimum Gasteiger partial charge on any atom is -0.309 e.